The number of oxime groups is 1. The Kier molecular flexibility index (Phi) is 8.20. The average molecular weight is 336 g/mol. The SMILES string of the molecule is CCC(C#Cc1ccccc1)OC[NH+]1C=CN(C)C1/C=N\O.[Cl-]. The Labute approximate surface area is 143 Å². The minimum Gasteiger partial charge on any atom is -1.00 e. The molecule has 0 amide bonds. The van der Waals surface area contributed by atoms with Crippen molar-refractivity contribution in [3.63, 3.8) is 0 Å². The second-order valence-corrected chi connectivity index (χ2v) is 5.11. The van der Waals surface area contributed by atoms with Crippen molar-refractivity contribution in [3.8, 4) is 11.8 Å². The molecule has 0 saturated carbocycles. The monoisotopic (exact) mass is 335 g/mol. The molecule has 0 spiro atoms. The number of hydrogen-bond donors (Lipinski definition) is 2. The highest BCUT2D eigenvalue weighted by Gasteiger charge is 2.27. The van der Waals surface area contributed by atoms with Crippen LogP contribution in [0.2, 0.25) is 0 Å². The Morgan fingerprint density at radius 1 is 1.43 bits per heavy atom. The topological polar surface area (TPSA) is 49.5 Å². The van der Waals surface area contributed by atoms with Crippen molar-refractivity contribution in [1.29, 1.82) is 0 Å². The number of ether oxygens (including phenoxy) is 1. The molecule has 2 rings (SSSR count). The summed E-state index contributed by atoms with van der Waals surface area (Å²) in [4.78, 5) is 3.02. The molecule has 0 radical (unpaired) electrons. The van der Waals surface area contributed by atoms with Gasteiger partial charge in [0.25, 0.3) is 0 Å². The van der Waals surface area contributed by atoms with E-state index in [0.29, 0.717) is 6.73 Å². The van der Waals surface area contributed by atoms with Crippen molar-refractivity contribution in [2.24, 2.45) is 5.16 Å². The molecule has 1 aliphatic heterocycles. The van der Waals surface area contributed by atoms with Crippen LogP contribution >= 0.6 is 0 Å². The summed E-state index contributed by atoms with van der Waals surface area (Å²) in [6.07, 6.45) is 6.09. The summed E-state index contributed by atoms with van der Waals surface area (Å²) in [6, 6.07) is 9.88. The third kappa shape index (κ3) is 5.61. The van der Waals surface area contributed by atoms with Gasteiger partial charge in [-0.05, 0) is 18.6 Å². The largest absolute Gasteiger partial charge is 1.00 e. The number of halogens is 1. The molecule has 1 aromatic carbocycles. The first kappa shape index (κ1) is 19.0. The van der Waals surface area contributed by atoms with Crippen LogP contribution in [0.5, 0.6) is 0 Å². The molecule has 5 nitrogen and oxygen atoms in total. The van der Waals surface area contributed by atoms with E-state index in [0.717, 1.165) is 16.9 Å². The fraction of sp³-hybridized carbons (Fsp3) is 0.353. The van der Waals surface area contributed by atoms with E-state index < -0.39 is 0 Å². The maximum absolute atomic E-state index is 8.73. The minimum atomic E-state index is -0.112. The van der Waals surface area contributed by atoms with Crippen molar-refractivity contribution in [2.75, 3.05) is 13.8 Å². The molecule has 0 saturated heterocycles. The van der Waals surface area contributed by atoms with Gasteiger partial charge in [-0.3, -0.25) is 4.90 Å². The van der Waals surface area contributed by atoms with Gasteiger partial charge in [0.15, 0.2) is 6.73 Å². The lowest BCUT2D eigenvalue weighted by molar-refractivity contribution is -0.886. The van der Waals surface area contributed by atoms with E-state index in [9.17, 15) is 0 Å². The Bertz CT molecular complexity index is 580. The number of nitrogens with one attached hydrogen (secondary N) is 1. The van der Waals surface area contributed by atoms with E-state index in [1.54, 1.807) is 0 Å². The molecular formula is C17H22ClN3O2. The second-order valence-electron chi connectivity index (χ2n) is 5.11. The molecule has 124 valence electrons. The summed E-state index contributed by atoms with van der Waals surface area (Å²) in [5.74, 6) is 6.30. The van der Waals surface area contributed by atoms with E-state index in [2.05, 4.69) is 23.9 Å². The van der Waals surface area contributed by atoms with Gasteiger partial charge < -0.3 is 27.3 Å². The van der Waals surface area contributed by atoms with E-state index >= 15 is 0 Å². The molecule has 0 bridgehead atoms. The molecule has 3 unspecified atom stereocenters. The zero-order chi connectivity index (χ0) is 15.8. The second kappa shape index (κ2) is 9.90. The van der Waals surface area contributed by atoms with Gasteiger partial charge >= 0.3 is 0 Å². The van der Waals surface area contributed by atoms with Crippen LogP contribution in [-0.2, 0) is 4.74 Å². The summed E-state index contributed by atoms with van der Waals surface area (Å²) >= 11 is 0. The van der Waals surface area contributed by atoms with E-state index in [1.165, 1.54) is 6.21 Å². The molecule has 1 aromatic rings. The van der Waals surface area contributed by atoms with Gasteiger partial charge in [0.2, 0.25) is 6.17 Å². The molecule has 0 aliphatic carbocycles. The van der Waals surface area contributed by atoms with Crippen LogP contribution < -0.4 is 17.3 Å². The number of rotatable bonds is 5. The Morgan fingerprint density at radius 3 is 2.83 bits per heavy atom. The third-order valence-corrected chi connectivity index (χ3v) is 3.52. The highest BCUT2D eigenvalue weighted by Crippen LogP contribution is 2.00. The van der Waals surface area contributed by atoms with Crippen LogP contribution in [0.15, 0.2) is 47.9 Å². The van der Waals surface area contributed by atoms with Crippen molar-refractivity contribution in [2.45, 2.75) is 25.6 Å². The highest BCUT2D eigenvalue weighted by atomic mass is 35.5. The molecule has 6 heteroatoms. The fourth-order valence-corrected chi connectivity index (χ4v) is 2.21. The van der Waals surface area contributed by atoms with Crippen LogP contribution in [0.25, 0.3) is 0 Å². The van der Waals surface area contributed by atoms with Gasteiger partial charge in [-0.15, -0.1) is 0 Å². The summed E-state index contributed by atoms with van der Waals surface area (Å²) < 4.78 is 5.89. The molecular weight excluding hydrogens is 314 g/mol. The van der Waals surface area contributed by atoms with Crippen molar-refractivity contribution < 1.29 is 27.3 Å². The maximum Gasteiger partial charge on any atom is 0.209 e. The van der Waals surface area contributed by atoms with Gasteiger partial charge in [0.1, 0.15) is 18.5 Å². The molecule has 2 N–H and O–H groups in total. The van der Waals surface area contributed by atoms with Crippen LogP contribution in [0, 0.1) is 11.8 Å². The van der Waals surface area contributed by atoms with Gasteiger partial charge in [-0.2, -0.15) is 0 Å². The van der Waals surface area contributed by atoms with Crippen molar-refractivity contribution in [1.82, 2.24) is 4.90 Å². The molecule has 0 fully saturated rings. The van der Waals surface area contributed by atoms with Crippen molar-refractivity contribution >= 4 is 6.21 Å². The zero-order valence-electron chi connectivity index (χ0n) is 13.3. The highest BCUT2D eigenvalue weighted by molar-refractivity contribution is 5.61. The van der Waals surface area contributed by atoms with Gasteiger partial charge in [0, 0.05) is 12.6 Å². The average Bonchev–Trinajstić information content (AvgIpc) is 2.90. The van der Waals surface area contributed by atoms with Gasteiger partial charge in [-0.25, -0.2) is 0 Å². The lowest BCUT2D eigenvalue weighted by atomic mass is 10.2. The maximum atomic E-state index is 8.73. The number of nitrogens with zero attached hydrogens (tertiary/aromatic N) is 2. The predicted octanol–water partition coefficient (Wildman–Crippen LogP) is -2.12. The molecule has 0 aromatic heterocycles. The lowest BCUT2D eigenvalue weighted by Gasteiger charge is -2.22. The molecule has 23 heavy (non-hydrogen) atoms. The van der Waals surface area contributed by atoms with Crippen LogP contribution in [0.4, 0.5) is 0 Å². The predicted molar refractivity (Wildman–Crippen MR) is 85.3 cm³/mol. The van der Waals surface area contributed by atoms with E-state index in [-0.39, 0.29) is 24.7 Å². The van der Waals surface area contributed by atoms with Gasteiger partial charge in [-0.1, -0.05) is 42.1 Å². The van der Waals surface area contributed by atoms with Gasteiger partial charge in [0.05, 0.1) is 6.20 Å². The van der Waals surface area contributed by atoms with Crippen molar-refractivity contribution in [3.05, 3.63) is 48.3 Å². The first-order valence-corrected chi connectivity index (χ1v) is 7.36. The first-order chi connectivity index (χ1) is 10.7. The Morgan fingerprint density at radius 2 is 2.17 bits per heavy atom. The number of quaternary nitrogens is 1. The standard InChI is InChI=1S/C17H21N3O2.ClH/c1-3-16(10-9-15-7-5-4-6-8-15)22-14-20-12-11-19(2)17(20)13-18-21;/h4-8,11-13,16-17,21H,3,14H2,1-2H3;1H/b18-13-;. The smallest absolute Gasteiger partial charge is 0.209 e. The summed E-state index contributed by atoms with van der Waals surface area (Å²) in [6.45, 7) is 2.53. The minimum absolute atomic E-state index is 0. The molecule has 1 heterocycles. The molecule has 1 aliphatic rings. The zero-order valence-corrected chi connectivity index (χ0v) is 14.1. The lowest BCUT2D eigenvalue weighted by Crippen LogP contribution is -3.12. The summed E-state index contributed by atoms with van der Waals surface area (Å²) in [5, 5.41) is 11.9. The summed E-state index contributed by atoms with van der Waals surface area (Å²) in [5.41, 5.74) is 0.989. The van der Waals surface area contributed by atoms with E-state index in [4.69, 9.17) is 9.94 Å². The molecule has 3 atom stereocenters. The van der Waals surface area contributed by atoms with Crippen LogP contribution in [0.1, 0.15) is 18.9 Å². The van der Waals surface area contributed by atoms with E-state index in [1.807, 2.05) is 54.7 Å². The Hall–Kier alpha value is -2.00. The normalized spacial score (nSPS) is 20.9. The Balaban J connectivity index is 0.00000264. The summed E-state index contributed by atoms with van der Waals surface area (Å²) in [7, 11) is 1.93. The quantitative estimate of drug-likeness (QED) is 0.280. The fourth-order valence-electron chi connectivity index (χ4n) is 2.21. The first-order valence-electron chi connectivity index (χ1n) is 7.36. The third-order valence-electron chi connectivity index (χ3n) is 3.52. The number of hydrogen-bond acceptors (Lipinski definition) is 4. The number of benzene rings is 1. The van der Waals surface area contributed by atoms with Crippen LogP contribution in [0.3, 0.4) is 0 Å². The van der Waals surface area contributed by atoms with Crippen LogP contribution in [-0.4, -0.2) is 42.4 Å².